The third-order valence-electron chi connectivity index (χ3n) is 21.9. The van der Waals surface area contributed by atoms with Gasteiger partial charge in [0.1, 0.15) is 24.6 Å². The van der Waals surface area contributed by atoms with E-state index in [0.717, 1.165) is 22.3 Å². The van der Waals surface area contributed by atoms with E-state index in [-0.39, 0.29) is 89.5 Å². The summed E-state index contributed by atoms with van der Waals surface area (Å²) in [5.41, 5.74) is 7.87. The molecule has 0 nitrogen and oxygen atoms in total. The minimum Gasteiger partial charge on any atom is -0.366 e. The van der Waals surface area contributed by atoms with E-state index < -0.39 is 47.8 Å². The van der Waals surface area contributed by atoms with Crippen LogP contribution in [0.5, 0.6) is 0 Å². The Morgan fingerprint density at radius 1 is 0.178 bits per heavy atom. The molecule has 0 radical (unpaired) electrons. The molecule has 16 aromatic rings. The molecular formula is C108H84Au4P4Si2+4. The fraction of sp³-hybridized carbons (Fsp3) is 0.0370. The summed E-state index contributed by atoms with van der Waals surface area (Å²) in [6, 6.07) is 157. The van der Waals surface area contributed by atoms with Crippen molar-refractivity contribution in [3.8, 4) is 45.9 Å². The van der Waals surface area contributed by atoms with Gasteiger partial charge in [-0.1, -0.05) is 302 Å². The van der Waals surface area contributed by atoms with Gasteiger partial charge in [-0.3, -0.25) is 23.7 Å². The van der Waals surface area contributed by atoms with E-state index in [9.17, 15) is 0 Å². The summed E-state index contributed by atoms with van der Waals surface area (Å²) >= 11 is 0. The van der Waals surface area contributed by atoms with Gasteiger partial charge in [-0.05, 0) is 150 Å². The van der Waals surface area contributed by atoms with Crippen molar-refractivity contribution in [2.45, 2.75) is 0 Å². The molecule has 2 heterocycles. The molecule has 0 saturated carbocycles. The van der Waals surface area contributed by atoms with Crippen LogP contribution in [-0.2, 0) is 89.5 Å². The molecule has 0 N–H and O–H groups in total. The largest absolute Gasteiger partial charge is 1.00 e. The smallest absolute Gasteiger partial charge is 0.366 e. The van der Waals surface area contributed by atoms with Crippen LogP contribution in [0.4, 0.5) is 0 Å². The van der Waals surface area contributed by atoms with Crippen molar-refractivity contribution in [1.82, 2.24) is 0 Å². The van der Waals surface area contributed by atoms with Crippen LogP contribution in [0.2, 0.25) is 0 Å². The zero-order chi connectivity index (χ0) is 77.7. The van der Waals surface area contributed by atoms with Crippen molar-refractivity contribution in [2.24, 2.45) is 0 Å². The first kappa shape index (κ1) is 89.7. The summed E-state index contributed by atoms with van der Waals surface area (Å²) in [4.78, 5) is 0. The van der Waals surface area contributed by atoms with Gasteiger partial charge in [0.05, 0.1) is 74.1 Å². The molecule has 584 valence electrons. The summed E-state index contributed by atoms with van der Waals surface area (Å²) in [5, 5.41) is 22.6. The molecule has 0 fully saturated rings. The quantitative estimate of drug-likeness (QED) is 0.0348. The Morgan fingerprint density at radius 3 is 0.534 bits per heavy atom. The molecule has 118 heavy (non-hydrogen) atoms. The third kappa shape index (κ3) is 20.0. The first-order valence-corrected chi connectivity index (χ1v) is 49.6. The molecule has 10 heteroatoms. The van der Waals surface area contributed by atoms with Crippen molar-refractivity contribution >= 4 is 132 Å². The molecule has 2 aliphatic heterocycles. The minimum atomic E-state index is -2.52. The minimum absolute atomic E-state index is 0. The second-order valence-electron chi connectivity index (χ2n) is 28.3. The molecular weight excluding hydrogens is 2270 g/mol. The van der Waals surface area contributed by atoms with Gasteiger partial charge in [0, 0.05) is 0 Å². The molecule has 0 spiro atoms. The Balaban J connectivity index is 0.000000153. The molecule has 0 bridgehead atoms. The monoisotopic (exact) mass is 2350 g/mol. The Bertz CT molecular complexity index is 5260. The van der Waals surface area contributed by atoms with E-state index in [2.05, 4.69) is 436 Å². The van der Waals surface area contributed by atoms with E-state index in [1.807, 2.05) is 24.3 Å². The SMILES string of the molecule is [Au+].[Au+].[Au+].[Au+].[C-]#Cc1ccc2c(c1)-c1ccc(C#[C-])cc1[Si]2(c1ccccc1)c1ccccc1.[C-]#Cc1ccc2c(c1)-c1ccc(C#[C-])cc1[Si]2(c1ccccc1)c1ccccc1.c1ccc([PH+](CC[PH+](c2ccccc2)c2ccccc2)c2ccccc2)cc1.c1ccc([PH+](CC[PH+](c2ccccc2)c2ccccc2)c2ccccc2)cc1. The molecule has 0 unspecified atom stereocenters. The fourth-order valence-electron chi connectivity index (χ4n) is 16.7. The predicted molar refractivity (Wildman–Crippen MR) is 504 cm³/mol. The van der Waals surface area contributed by atoms with Crippen LogP contribution in [0.15, 0.2) is 437 Å². The van der Waals surface area contributed by atoms with Gasteiger partial charge < -0.3 is 25.7 Å². The van der Waals surface area contributed by atoms with Gasteiger partial charge in [0.25, 0.3) is 0 Å². The van der Waals surface area contributed by atoms with Gasteiger partial charge in [-0.2, -0.15) is 0 Å². The Labute approximate surface area is 768 Å². The average molecular weight is 2350 g/mol. The predicted octanol–water partition coefficient (Wildman–Crippen LogP) is 15.3. The van der Waals surface area contributed by atoms with Gasteiger partial charge >= 0.3 is 89.5 Å². The van der Waals surface area contributed by atoms with E-state index in [0.29, 0.717) is 0 Å². The Morgan fingerprint density at radius 2 is 0.347 bits per heavy atom. The van der Waals surface area contributed by atoms with Crippen molar-refractivity contribution in [3.63, 3.8) is 0 Å². The van der Waals surface area contributed by atoms with E-state index >= 15 is 0 Å². The van der Waals surface area contributed by atoms with E-state index in [1.54, 1.807) is 0 Å². The average Bonchev–Trinajstić information content (AvgIpc) is 1.54. The standard InChI is InChI=1S/2C28H16Si.2C26H24P2.4Au/c2*1-3-21-16-18-27-26(19-21)25-17-15-22(4-2)20-28(25)29(27,23-11-7-5-8-12-23)24-13-9-6-10-14-24;2*1-5-13-23(14-6-1)27(24-15-7-2-8-16-24)21-22-28(25-17-9-3-10-18-25)26-19-11-4-12-20-26;;;;/h2*5-20H;2*1-20H,21-22H2;;;;/q2*-2;;;4*+1/p+4. The van der Waals surface area contributed by atoms with Crippen molar-refractivity contribution < 1.29 is 89.5 Å². The topological polar surface area (TPSA) is 0 Å². The normalized spacial score (nSPS) is 11.7. The zero-order valence-electron chi connectivity index (χ0n) is 64.6. The summed E-state index contributed by atoms with van der Waals surface area (Å²) in [7, 11) is -8.18. The summed E-state index contributed by atoms with van der Waals surface area (Å²) in [6.07, 6.45) is 35.7. The number of rotatable bonds is 18. The number of fused-ring (bicyclic) bond motifs is 6. The fourth-order valence-corrected chi connectivity index (χ4v) is 39.5. The van der Waals surface area contributed by atoms with Crippen LogP contribution in [0.3, 0.4) is 0 Å². The summed E-state index contributed by atoms with van der Waals surface area (Å²) in [6.45, 7) is 0. The molecule has 16 aromatic carbocycles. The molecule has 0 aliphatic carbocycles. The molecule has 0 saturated heterocycles. The molecule has 0 aromatic heterocycles. The van der Waals surface area contributed by atoms with Crippen molar-refractivity contribution in [3.05, 3.63) is 485 Å². The van der Waals surface area contributed by atoms with E-state index in [4.69, 9.17) is 25.7 Å². The molecule has 2 aliphatic rings. The van der Waals surface area contributed by atoms with Crippen LogP contribution in [0.1, 0.15) is 22.3 Å². The van der Waals surface area contributed by atoms with Gasteiger partial charge in [-0.25, -0.2) is 0 Å². The van der Waals surface area contributed by atoms with Crippen LogP contribution in [0, 0.1) is 49.4 Å². The maximum atomic E-state index is 7.70. The first-order chi connectivity index (χ1) is 56.4. The van der Waals surface area contributed by atoms with Crippen LogP contribution in [0.25, 0.3) is 22.3 Å². The van der Waals surface area contributed by atoms with Crippen LogP contribution >= 0.6 is 31.7 Å². The molecule has 0 atom stereocenters. The van der Waals surface area contributed by atoms with Crippen LogP contribution < -0.4 is 83.9 Å². The summed E-state index contributed by atoms with van der Waals surface area (Å²) < 4.78 is 0. The number of hydrogen-bond acceptors (Lipinski definition) is 0. The number of hydrogen-bond donors (Lipinski definition) is 0. The van der Waals surface area contributed by atoms with Gasteiger partial charge in [0.2, 0.25) is 0 Å². The Hall–Kier alpha value is -9.13. The summed E-state index contributed by atoms with van der Waals surface area (Å²) in [5.74, 6) is 10.2. The second kappa shape index (κ2) is 44.2. The second-order valence-corrected chi connectivity index (χ2v) is 46.3. The van der Waals surface area contributed by atoms with Crippen molar-refractivity contribution in [1.29, 1.82) is 0 Å². The Kier molecular flexibility index (Phi) is 33.6. The van der Waals surface area contributed by atoms with Crippen LogP contribution in [-0.4, -0.2) is 40.8 Å². The maximum Gasteiger partial charge on any atom is 1.00 e. The molecule has 18 rings (SSSR count). The maximum absolute atomic E-state index is 7.70. The molecule has 0 amide bonds. The first-order valence-electron chi connectivity index (χ1n) is 38.8. The third-order valence-corrected chi connectivity index (χ3v) is 43.9. The zero-order valence-corrected chi connectivity index (χ0v) is 79.3. The number of benzene rings is 16. The van der Waals surface area contributed by atoms with Gasteiger partial charge in [-0.15, -0.1) is 70.8 Å². The van der Waals surface area contributed by atoms with Crippen molar-refractivity contribution in [2.75, 3.05) is 24.6 Å². The van der Waals surface area contributed by atoms with Gasteiger partial charge in [0.15, 0.2) is 16.1 Å². The van der Waals surface area contributed by atoms with E-state index in [1.165, 1.54) is 131 Å².